The molecule has 2 unspecified atom stereocenters. The van der Waals surface area contributed by atoms with Crippen molar-refractivity contribution >= 4 is 18.0 Å². The Kier molecular flexibility index (Phi) is 12.1. The minimum atomic E-state index is -0.855. The molecule has 2 aliphatic heterocycles. The summed E-state index contributed by atoms with van der Waals surface area (Å²) in [5.41, 5.74) is -0.855. The van der Waals surface area contributed by atoms with Crippen molar-refractivity contribution in [2.24, 2.45) is 10.9 Å². The van der Waals surface area contributed by atoms with E-state index < -0.39 is 17.7 Å². The molecule has 2 atom stereocenters. The number of nitrogens with one attached hydrogen (secondary N) is 2. The number of hydrogen-bond donors (Lipinski definition) is 2. The molecule has 2 saturated heterocycles. The molecule has 3 aliphatic rings. The molecule has 2 heterocycles. The van der Waals surface area contributed by atoms with E-state index in [4.69, 9.17) is 19.2 Å². The van der Waals surface area contributed by atoms with Crippen molar-refractivity contribution in [1.82, 2.24) is 20.4 Å². The van der Waals surface area contributed by atoms with Gasteiger partial charge in [-0.1, -0.05) is 32.1 Å². The van der Waals surface area contributed by atoms with Crippen molar-refractivity contribution in [2.75, 3.05) is 60.2 Å². The average Bonchev–Trinajstić information content (AvgIpc) is 2.96. The quantitative estimate of drug-likeness (QED) is 0.341. The summed E-state index contributed by atoms with van der Waals surface area (Å²) in [4.78, 5) is 35.2. The monoisotopic (exact) mass is 534 g/mol. The van der Waals surface area contributed by atoms with Gasteiger partial charge in [0.15, 0.2) is 0 Å². The Morgan fingerprint density at radius 2 is 1.92 bits per heavy atom. The highest BCUT2D eigenvalue weighted by molar-refractivity contribution is 5.96. The lowest BCUT2D eigenvalue weighted by atomic mass is 9.83. The SMILES string of the molecule is COC(C)CCOC(=O)NC(=NC(CC1CCCCC1)C(=O)N(C)C1(C#N)CCNCC1)N1CCOCC1. The number of nitriles is 1. The van der Waals surface area contributed by atoms with Gasteiger partial charge in [-0.2, -0.15) is 5.26 Å². The largest absolute Gasteiger partial charge is 0.449 e. The van der Waals surface area contributed by atoms with Crippen LogP contribution in [-0.4, -0.2) is 106 Å². The molecule has 3 fully saturated rings. The summed E-state index contributed by atoms with van der Waals surface area (Å²) in [5.74, 6) is 0.542. The van der Waals surface area contributed by atoms with E-state index in [1.165, 1.54) is 6.42 Å². The Bertz CT molecular complexity index is 828. The maximum Gasteiger partial charge on any atom is 0.413 e. The van der Waals surface area contributed by atoms with Crippen LogP contribution in [0.25, 0.3) is 0 Å². The normalized spacial score (nSPS) is 22.2. The second kappa shape index (κ2) is 15.2. The second-order valence-electron chi connectivity index (χ2n) is 10.7. The number of carbonyl (C=O) groups excluding carboxylic acids is 2. The molecule has 1 saturated carbocycles. The van der Waals surface area contributed by atoms with E-state index in [1.54, 1.807) is 19.1 Å². The van der Waals surface area contributed by atoms with Crippen LogP contribution < -0.4 is 10.6 Å². The molecular weight excluding hydrogens is 488 g/mol. The highest BCUT2D eigenvalue weighted by atomic mass is 16.6. The first-order chi connectivity index (χ1) is 18.4. The number of morpholine rings is 1. The summed E-state index contributed by atoms with van der Waals surface area (Å²) >= 11 is 0. The maximum absolute atomic E-state index is 14.0. The molecule has 0 bridgehead atoms. The number of amides is 2. The highest BCUT2D eigenvalue weighted by Crippen LogP contribution is 2.31. The molecule has 0 spiro atoms. The van der Waals surface area contributed by atoms with E-state index >= 15 is 0 Å². The number of likely N-dealkylation sites (N-methyl/N-ethyl adjacent to an activating group) is 1. The molecule has 11 nitrogen and oxygen atoms in total. The first kappa shape index (κ1) is 30.1. The van der Waals surface area contributed by atoms with Crippen molar-refractivity contribution in [3.05, 3.63) is 0 Å². The smallest absolute Gasteiger partial charge is 0.413 e. The standard InChI is InChI=1S/C27H46N6O5/c1-21(36-3)9-16-38-26(35)31-25(33-14-17-37-18-15-33)30-23(19-22-7-5-4-6-8-22)24(34)32(2)27(20-28)10-12-29-13-11-27/h21-23,29H,4-19H2,1-3H3,(H,30,31,35). The number of hydrogen-bond acceptors (Lipinski definition) is 8. The van der Waals surface area contributed by atoms with Crippen molar-refractivity contribution in [3.63, 3.8) is 0 Å². The van der Waals surface area contributed by atoms with Crippen LogP contribution in [0, 0.1) is 17.2 Å². The fraction of sp³-hybridized carbons (Fsp3) is 0.852. The van der Waals surface area contributed by atoms with Gasteiger partial charge in [-0.3, -0.25) is 10.1 Å². The molecule has 1 aliphatic carbocycles. The van der Waals surface area contributed by atoms with Crippen LogP contribution >= 0.6 is 0 Å². The Balaban J connectivity index is 1.84. The summed E-state index contributed by atoms with van der Waals surface area (Å²) in [6.07, 6.45) is 7.35. The molecule has 0 aromatic rings. The van der Waals surface area contributed by atoms with Gasteiger partial charge in [0, 0.05) is 33.7 Å². The van der Waals surface area contributed by atoms with Crippen LogP contribution in [-0.2, 0) is 19.0 Å². The Morgan fingerprint density at radius 1 is 1.24 bits per heavy atom. The van der Waals surface area contributed by atoms with Crippen molar-refractivity contribution in [1.29, 1.82) is 5.26 Å². The van der Waals surface area contributed by atoms with Gasteiger partial charge in [-0.15, -0.1) is 0 Å². The third-order valence-electron chi connectivity index (χ3n) is 8.14. The summed E-state index contributed by atoms with van der Waals surface area (Å²) in [5, 5.41) is 16.2. The lowest BCUT2D eigenvalue weighted by molar-refractivity contribution is -0.136. The third-order valence-corrected chi connectivity index (χ3v) is 8.14. The van der Waals surface area contributed by atoms with Gasteiger partial charge in [0.05, 0.1) is 32.0 Å². The van der Waals surface area contributed by atoms with Gasteiger partial charge in [0.25, 0.3) is 0 Å². The van der Waals surface area contributed by atoms with Crippen LogP contribution in [0.1, 0.15) is 64.7 Å². The van der Waals surface area contributed by atoms with Gasteiger partial charge in [-0.25, -0.2) is 9.79 Å². The van der Waals surface area contributed by atoms with Gasteiger partial charge >= 0.3 is 6.09 Å². The van der Waals surface area contributed by atoms with Crippen molar-refractivity contribution in [3.8, 4) is 6.07 Å². The summed E-state index contributed by atoms with van der Waals surface area (Å²) in [7, 11) is 3.35. The van der Waals surface area contributed by atoms with Gasteiger partial charge in [0.2, 0.25) is 11.9 Å². The number of aliphatic imine (C=N–C) groups is 1. The Hall–Kier alpha value is -2.42. The number of piperidine rings is 1. The minimum Gasteiger partial charge on any atom is -0.449 e. The number of methoxy groups -OCH3 is 1. The predicted octanol–water partition coefficient (Wildman–Crippen LogP) is 2.27. The summed E-state index contributed by atoms with van der Waals surface area (Å²) in [6.45, 7) is 5.62. The van der Waals surface area contributed by atoms with Crippen molar-refractivity contribution in [2.45, 2.75) is 82.4 Å². The lowest BCUT2D eigenvalue weighted by Gasteiger charge is -2.41. The zero-order chi connectivity index (χ0) is 27.4. The fourth-order valence-corrected chi connectivity index (χ4v) is 5.42. The van der Waals surface area contributed by atoms with E-state index in [9.17, 15) is 14.9 Å². The third kappa shape index (κ3) is 8.55. The van der Waals surface area contributed by atoms with E-state index in [1.807, 2.05) is 11.8 Å². The predicted molar refractivity (Wildman–Crippen MR) is 144 cm³/mol. The molecule has 3 rings (SSSR count). The fourth-order valence-electron chi connectivity index (χ4n) is 5.42. The topological polar surface area (TPSA) is 129 Å². The average molecular weight is 535 g/mol. The number of carbonyl (C=O) groups is 2. The number of alkyl carbamates (subject to hydrolysis) is 1. The van der Waals surface area contributed by atoms with E-state index in [-0.39, 0.29) is 18.6 Å². The number of nitrogens with zero attached hydrogens (tertiary/aromatic N) is 4. The second-order valence-corrected chi connectivity index (χ2v) is 10.7. The van der Waals surface area contributed by atoms with E-state index in [2.05, 4.69) is 16.7 Å². The van der Waals surface area contributed by atoms with Gasteiger partial charge in [0.1, 0.15) is 11.6 Å². The van der Waals surface area contributed by atoms with Crippen molar-refractivity contribution < 1.29 is 23.8 Å². The highest BCUT2D eigenvalue weighted by Gasteiger charge is 2.41. The van der Waals surface area contributed by atoms with Crippen LogP contribution in [0.4, 0.5) is 4.79 Å². The zero-order valence-corrected chi connectivity index (χ0v) is 23.4. The molecule has 2 N–H and O–H groups in total. The van der Waals surface area contributed by atoms with E-state index in [0.717, 1.165) is 25.7 Å². The van der Waals surface area contributed by atoms with Crippen LogP contribution in [0.5, 0.6) is 0 Å². The molecule has 38 heavy (non-hydrogen) atoms. The molecule has 214 valence electrons. The lowest BCUT2D eigenvalue weighted by Crippen LogP contribution is -2.57. The minimum absolute atomic E-state index is 0.0225. The Morgan fingerprint density at radius 3 is 2.55 bits per heavy atom. The molecule has 0 radical (unpaired) electrons. The first-order valence-corrected chi connectivity index (χ1v) is 14.1. The zero-order valence-electron chi connectivity index (χ0n) is 23.4. The number of guanidine groups is 1. The molecule has 11 heteroatoms. The summed E-state index contributed by atoms with van der Waals surface area (Å²) < 4.78 is 16.1. The van der Waals surface area contributed by atoms with Crippen LogP contribution in [0.2, 0.25) is 0 Å². The summed E-state index contributed by atoms with van der Waals surface area (Å²) in [6, 6.07) is 1.73. The maximum atomic E-state index is 14.0. The molecular formula is C27H46N6O5. The number of rotatable bonds is 9. The molecule has 0 aromatic heterocycles. The molecule has 2 amide bonds. The van der Waals surface area contributed by atoms with E-state index in [0.29, 0.717) is 77.0 Å². The van der Waals surface area contributed by atoms with Crippen LogP contribution in [0.3, 0.4) is 0 Å². The van der Waals surface area contributed by atoms with Gasteiger partial charge in [-0.05, 0) is 45.2 Å². The van der Waals surface area contributed by atoms with Gasteiger partial charge < -0.3 is 29.3 Å². The first-order valence-electron chi connectivity index (χ1n) is 14.1. The number of ether oxygens (including phenoxy) is 3. The Labute approximate surface area is 227 Å². The molecule has 0 aromatic carbocycles. The van der Waals surface area contributed by atoms with Crippen LogP contribution in [0.15, 0.2) is 4.99 Å².